The second kappa shape index (κ2) is 7.24. The lowest BCUT2D eigenvalue weighted by Crippen LogP contribution is -2.53. The van der Waals surface area contributed by atoms with E-state index in [1.165, 1.54) is 6.20 Å². The van der Waals surface area contributed by atoms with Crippen LogP contribution in [-0.4, -0.2) is 35.6 Å². The summed E-state index contributed by atoms with van der Waals surface area (Å²) in [6, 6.07) is 3.28. The summed E-state index contributed by atoms with van der Waals surface area (Å²) in [5.74, 6) is -0.190. The number of nitrogens with zero attached hydrogens (tertiary/aromatic N) is 1. The fourth-order valence-electron chi connectivity index (χ4n) is 2.67. The lowest BCUT2D eigenvalue weighted by molar-refractivity contribution is -0.150. The van der Waals surface area contributed by atoms with Gasteiger partial charge < -0.3 is 14.8 Å². The zero-order valence-corrected chi connectivity index (χ0v) is 13.1. The standard InChI is InChI=1S/C16H22N2O4/c1-3-21-13-8-7-12(11-17-13)14(19)18-16(9-5-6-10-16)15(20)22-4-2/h7-8,11H,3-6,9-10H2,1-2H3,(H,18,19). The molecule has 1 aromatic rings. The number of esters is 1. The molecule has 1 aliphatic rings. The molecule has 0 bridgehead atoms. The Labute approximate surface area is 130 Å². The van der Waals surface area contributed by atoms with Crippen LogP contribution in [0.1, 0.15) is 49.9 Å². The van der Waals surface area contributed by atoms with Crippen LogP contribution in [0.4, 0.5) is 0 Å². The van der Waals surface area contributed by atoms with Gasteiger partial charge in [-0.15, -0.1) is 0 Å². The van der Waals surface area contributed by atoms with Crippen LogP contribution in [0.25, 0.3) is 0 Å². The van der Waals surface area contributed by atoms with Crippen LogP contribution in [0.2, 0.25) is 0 Å². The highest BCUT2D eigenvalue weighted by molar-refractivity contribution is 5.98. The van der Waals surface area contributed by atoms with Crippen molar-refractivity contribution in [1.82, 2.24) is 10.3 Å². The summed E-state index contributed by atoms with van der Waals surface area (Å²) in [5, 5.41) is 2.85. The van der Waals surface area contributed by atoms with E-state index in [2.05, 4.69) is 10.3 Å². The minimum absolute atomic E-state index is 0.307. The molecule has 2 rings (SSSR count). The van der Waals surface area contributed by atoms with Crippen LogP contribution < -0.4 is 10.1 Å². The molecule has 0 saturated heterocycles. The van der Waals surface area contributed by atoms with E-state index < -0.39 is 5.54 Å². The summed E-state index contributed by atoms with van der Waals surface area (Å²) >= 11 is 0. The van der Waals surface area contributed by atoms with Crippen molar-refractivity contribution in [2.24, 2.45) is 0 Å². The average Bonchev–Trinajstić information content (AvgIpc) is 2.98. The second-order valence-corrected chi connectivity index (χ2v) is 5.28. The fourth-order valence-corrected chi connectivity index (χ4v) is 2.67. The Kier molecular flexibility index (Phi) is 5.35. The Bertz CT molecular complexity index is 521. The Morgan fingerprint density at radius 3 is 2.50 bits per heavy atom. The summed E-state index contributed by atoms with van der Waals surface area (Å²) < 4.78 is 10.4. The van der Waals surface area contributed by atoms with Crippen molar-refractivity contribution in [2.75, 3.05) is 13.2 Å². The Morgan fingerprint density at radius 1 is 1.23 bits per heavy atom. The molecule has 0 unspecified atom stereocenters. The third-order valence-electron chi connectivity index (χ3n) is 3.77. The normalized spacial score (nSPS) is 16.1. The van der Waals surface area contributed by atoms with Gasteiger partial charge in [-0.05, 0) is 32.8 Å². The van der Waals surface area contributed by atoms with Gasteiger partial charge in [0.1, 0.15) is 5.54 Å². The van der Waals surface area contributed by atoms with Gasteiger partial charge in [-0.3, -0.25) is 4.79 Å². The highest BCUT2D eigenvalue weighted by Gasteiger charge is 2.43. The number of hydrogen-bond acceptors (Lipinski definition) is 5. The van der Waals surface area contributed by atoms with E-state index in [1.54, 1.807) is 19.1 Å². The maximum Gasteiger partial charge on any atom is 0.331 e. The van der Waals surface area contributed by atoms with Gasteiger partial charge in [0.05, 0.1) is 18.8 Å². The average molecular weight is 306 g/mol. The van der Waals surface area contributed by atoms with Crippen LogP contribution in [0, 0.1) is 0 Å². The van der Waals surface area contributed by atoms with Crippen molar-refractivity contribution >= 4 is 11.9 Å². The molecule has 6 heteroatoms. The number of nitrogens with one attached hydrogen (secondary N) is 1. The highest BCUT2D eigenvalue weighted by atomic mass is 16.5. The molecule has 1 amide bonds. The van der Waals surface area contributed by atoms with Crippen LogP contribution >= 0.6 is 0 Å². The molecule has 0 spiro atoms. The van der Waals surface area contributed by atoms with E-state index >= 15 is 0 Å². The zero-order valence-electron chi connectivity index (χ0n) is 13.1. The first kappa shape index (κ1) is 16.3. The predicted molar refractivity (Wildman–Crippen MR) is 80.7 cm³/mol. The first-order valence-electron chi connectivity index (χ1n) is 7.70. The van der Waals surface area contributed by atoms with E-state index in [4.69, 9.17) is 9.47 Å². The number of pyridine rings is 1. The smallest absolute Gasteiger partial charge is 0.331 e. The fraction of sp³-hybridized carbons (Fsp3) is 0.562. The lowest BCUT2D eigenvalue weighted by Gasteiger charge is -2.27. The number of carbonyl (C=O) groups excluding carboxylic acids is 2. The summed E-state index contributed by atoms with van der Waals surface area (Å²) in [7, 11) is 0. The molecule has 1 heterocycles. The number of amides is 1. The maximum absolute atomic E-state index is 12.4. The third kappa shape index (κ3) is 3.55. The maximum atomic E-state index is 12.4. The van der Waals surface area contributed by atoms with Crippen molar-refractivity contribution in [3.63, 3.8) is 0 Å². The van der Waals surface area contributed by atoms with Crippen LogP contribution in [0.3, 0.4) is 0 Å². The van der Waals surface area contributed by atoms with E-state index in [1.807, 2.05) is 6.92 Å². The van der Waals surface area contributed by atoms with Crippen LogP contribution in [0.15, 0.2) is 18.3 Å². The van der Waals surface area contributed by atoms with E-state index in [0.717, 1.165) is 12.8 Å². The largest absolute Gasteiger partial charge is 0.478 e. The van der Waals surface area contributed by atoms with Gasteiger partial charge in [0.15, 0.2) is 0 Å². The van der Waals surface area contributed by atoms with Crippen molar-refractivity contribution in [1.29, 1.82) is 0 Å². The Morgan fingerprint density at radius 2 is 1.95 bits per heavy atom. The first-order chi connectivity index (χ1) is 10.6. The third-order valence-corrected chi connectivity index (χ3v) is 3.77. The molecule has 1 saturated carbocycles. The highest BCUT2D eigenvalue weighted by Crippen LogP contribution is 2.31. The molecule has 0 atom stereocenters. The predicted octanol–water partition coefficient (Wildman–Crippen LogP) is 2.09. The van der Waals surface area contributed by atoms with Gasteiger partial charge >= 0.3 is 5.97 Å². The lowest BCUT2D eigenvalue weighted by atomic mass is 9.97. The molecular weight excluding hydrogens is 284 g/mol. The van der Waals surface area contributed by atoms with Crippen LogP contribution in [0.5, 0.6) is 5.88 Å². The van der Waals surface area contributed by atoms with Crippen molar-refractivity contribution in [3.8, 4) is 5.88 Å². The Balaban J connectivity index is 2.09. The monoisotopic (exact) mass is 306 g/mol. The molecular formula is C16H22N2O4. The Hall–Kier alpha value is -2.11. The number of carbonyl (C=O) groups is 2. The van der Waals surface area contributed by atoms with Gasteiger partial charge in [-0.2, -0.15) is 0 Å². The quantitative estimate of drug-likeness (QED) is 0.814. The molecule has 1 aromatic heterocycles. The van der Waals surface area contributed by atoms with Crippen molar-refractivity contribution < 1.29 is 19.1 Å². The minimum atomic E-state index is -0.897. The zero-order chi connectivity index (χ0) is 16.0. The first-order valence-corrected chi connectivity index (χ1v) is 7.70. The van der Waals surface area contributed by atoms with E-state index in [0.29, 0.717) is 37.5 Å². The number of rotatable bonds is 6. The molecule has 6 nitrogen and oxygen atoms in total. The minimum Gasteiger partial charge on any atom is -0.478 e. The molecule has 0 aromatic carbocycles. The molecule has 120 valence electrons. The van der Waals surface area contributed by atoms with Gasteiger partial charge in [0, 0.05) is 12.3 Å². The van der Waals surface area contributed by atoms with Gasteiger partial charge in [-0.25, -0.2) is 9.78 Å². The molecule has 0 aliphatic heterocycles. The van der Waals surface area contributed by atoms with E-state index in [9.17, 15) is 9.59 Å². The van der Waals surface area contributed by atoms with Gasteiger partial charge in [-0.1, -0.05) is 12.8 Å². The molecule has 1 aliphatic carbocycles. The molecule has 0 radical (unpaired) electrons. The van der Waals surface area contributed by atoms with E-state index in [-0.39, 0.29) is 11.9 Å². The summed E-state index contributed by atoms with van der Waals surface area (Å²) in [6.07, 6.45) is 4.49. The molecule has 1 N–H and O–H groups in total. The van der Waals surface area contributed by atoms with Gasteiger partial charge in [0.2, 0.25) is 5.88 Å². The molecule has 22 heavy (non-hydrogen) atoms. The van der Waals surface area contributed by atoms with Crippen molar-refractivity contribution in [3.05, 3.63) is 23.9 Å². The van der Waals surface area contributed by atoms with Crippen LogP contribution in [-0.2, 0) is 9.53 Å². The number of ether oxygens (including phenoxy) is 2. The van der Waals surface area contributed by atoms with Gasteiger partial charge in [0.25, 0.3) is 5.91 Å². The second-order valence-electron chi connectivity index (χ2n) is 5.28. The summed E-state index contributed by atoms with van der Waals surface area (Å²) in [6.45, 7) is 4.45. The number of aromatic nitrogens is 1. The topological polar surface area (TPSA) is 77.5 Å². The number of hydrogen-bond donors (Lipinski definition) is 1. The molecule has 1 fully saturated rings. The SMILES string of the molecule is CCOC(=O)C1(NC(=O)c2ccc(OCC)nc2)CCCC1. The van der Waals surface area contributed by atoms with Crippen molar-refractivity contribution in [2.45, 2.75) is 45.1 Å². The summed E-state index contributed by atoms with van der Waals surface area (Å²) in [5.41, 5.74) is -0.495. The summed E-state index contributed by atoms with van der Waals surface area (Å²) in [4.78, 5) is 28.7.